The van der Waals surface area contributed by atoms with Crippen LogP contribution in [0.2, 0.25) is 0 Å². The van der Waals surface area contributed by atoms with Gasteiger partial charge in [0.15, 0.2) is 6.29 Å². The van der Waals surface area contributed by atoms with Gasteiger partial charge in [0.05, 0.1) is 46.2 Å². The van der Waals surface area contributed by atoms with Crippen LogP contribution in [0.5, 0.6) is 0 Å². The SMILES string of the molecule is O=CCOCCOCCOCC1OCCO1. The van der Waals surface area contributed by atoms with Crippen LogP contribution in [-0.4, -0.2) is 65.4 Å². The Bertz CT molecular complexity index is 169. The van der Waals surface area contributed by atoms with E-state index in [0.717, 1.165) is 0 Å². The zero-order valence-electron chi connectivity index (χ0n) is 9.26. The van der Waals surface area contributed by atoms with Crippen molar-refractivity contribution < 1.29 is 28.5 Å². The van der Waals surface area contributed by atoms with Gasteiger partial charge in [-0.1, -0.05) is 0 Å². The first-order valence-electron chi connectivity index (χ1n) is 5.33. The monoisotopic (exact) mass is 234 g/mol. The van der Waals surface area contributed by atoms with E-state index in [1.165, 1.54) is 0 Å². The van der Waals surface area contributed by atoms with Crippen LogP contribution < -0.4 is 0 Å². The molecule has 0 atom stereocenters. The van der Waals surface area contributed by atoms with Crippen LogP contribution in [0.1, 0.15) is 0 Å². The lowest BCUT2D eigenvalue weighted by Crippen LogP contribution is -2.18. The van der Waals surface area contributed by atoms with Crippen molar-refractivity contribution in [1.29, 1.82) is 0 Å². The molecule has 1 rings (SSSR count). The molecule has 0 aromatic rings. The summed E-state index contributed by atoms with van der Waals surface area (Å²) in [6.07, 6.45) is 0.487. The average Bonchev–Trinajstić information content (AvgIpc) is 2.80. The van der Waals surface area contributed by atoms with E-state index in [2.05, 4.69) is 0 Å². The Hall–Kier alpha value is -0.530. The molecule has 0 aliphatic carbocycles. The molecule has 0 N–H and O–H groups in total. The molecule has 1 saturated heterocycles. The van der Waals surface area contributed by atoms with Crippen molar-refractivity contribution in [2.45, 2.75) is 6.29 Å². The van der Waals surface area contributed by atoms with Crippen molar-refractivity contribution in [2.24, 2.45) is 0 Å². The lowest BCUT2D eigenvalue weighted by Gasteiger charge is -2.09. The summed E-state index contributed by atoms with van der Waals surface area (Å²) in [7, 11) is 0. The van der Waals surface area contributed by atoms with Crippen LogP contribution in [0.25, 0.3) is 0 Å². The van der Waals surface area contributed by atoms with E-state index in [1.54, 1.807) is 0 Å². The third-order valence-electron chi connectivity index (χ3n) is 1.87. The lowest BCUT2D eigenvalue weighted by molar-refractivity contribution is -0.112. The van der Waals surface area contributed by atoms with Gasteiger partial charge >= 0.3 is 0 Å². The Morgan fingerprint density at radius 3 is 2.31 bits per heavy atom. The van der Waals surface area contributed by atoms with Gasteiger partial charge in [0.2, 0.25) is 0 Å². The molecule has 0 aromatic heterocycles. The number of ether oxygens (including phenoxy) is 5. The second kappa shape index (κ2) is 9.68. The highest BCUT2D eigenvalue weighted by molar-refractivity contribution is 5.50. The van der Waals surface area contributed by atoms with Crippen molar-refractivity contribution in [2.75, 3.05) is 52.9 Å². The summed E-state index contributed by atoms with van der Waals surface area (Å²) >= 11 is 0. The van der Waals surface area contributed by atoms with Crippen molar-refractivity contribution in [3.05, 3.63) is 0 Å². The van der Waals surface area contributed by atoms with Gasteiger partial charge in [0, 0.05) is 0 Å². The molecular weight excluding hydrogens is 216 g/mol. The highest BCUT2D eigenvalue weighted by atomic mass is 16.7. The van der Waals surface area contributed by atoms with Crippen LogP contribution in [-0.2, 0) is 28.5 Å². The third kappa shape index (κ3) is 6.86. The number of hydrogen-bond acceptors (Lipinski definition) is 6. The van der Waals surface area contributed by atoms with Crippen LogP contribution in [0.4, 0.5) is 0 Å². The van der Waals surface area contributed by atoms with Crippen LogP contribution in [0.15, 0.2) is 0 Å². The Morgan fingerprint density at radius 1 is 1.00 bits per heavy atom. The highest BCUT2D eigenvalue weighted by Gasteiger charge is 2.15. The molecule has 1 aliphatic heterocycles. The minimum Gasteiger partial charge on any atom is -0.377 e. The molecule has 0 spiro atoms. The first kappa shape index (κ1) is 13.5. The third-order valence-corrected chi connectivity index (χ3v) is 1.87. The quantitative estimate of drug-likeness (QED) is 0.379. The molecule has 0 bridgehead atoms. The number of carbonyl (C=O) groups is 1. The van der Waals surface area contributed by atoms with Crippen LogP contribution in [0, 0.1) is 0 Å². The van der Waals surface area contributed by atoms with Gasteiger partial charge in [0.1, 0.15) is 12.9 Å². The van der Waals surface area contributed by atoms with Gasteiger partial charge < -0.3 is 28.5 Å². The molecule has 6 nitrogen and oxygen atoms in total. The van der Waals surface area contributed by atoms with E-state index in [1.807, 2.05) is 0 Å². The van der Waals surface area contributed by atoms with Crippen molar-refractivity contribution in [1.82, 2.24) is 0 Å². The molecule has 0 amide bonds. The van der Waals surface area contributed by atoms with Crippen molar-refractivity contribution in [3.8, 4) is 0 Å². The van der Waals surface area contributed by atoms with Gasteiger partial charge in [-0.25, -0.2) is 0 Å². The molecule has 0 radical (unpaired) electrons. The average molecular weight is 234 g/mol. The maximum absolute atomic E-state index is 9.90. The van der Waals surface area contributed by atoms with Crippen molar-refractivity contribution >= 4 is 6.29 Å². The van der Waals surface area contributed by atoms with E-state index in [4.69, 9.17) is 23.7 Å². The van der Waals surface area contributed by atoms with Crippen LogP contribution >= 0.6 is 0 Å². The summed E-state index contributed by atoms with van der Waals surface area (Å²) in [4.78, 5) is 9.90. The fourth-order valence-corrected chi connectivity index (χ4v) is 1.15. The number of carbonyl (C=O) groups excluding carboxylic acids is 1. The minimum absolute atomic E-state index is 0.121. The number of hydrogen-bond donors (Lipinski definition) is 0. The smallest absolute Gasteiger partial charge is 0.181 e. The molecule has 1 fully saturated rings. The minimum atomic E-state index is -0.226. The Balaban J connectivity index is 1.72. The summed E-state index contributed by atoms with van der Waals surface area (Å²) in [5.74, 6) is 0. The van der Waals surface area contributed by atoms with E-state index in [9.17, 15) is 4.79 Å². The lowest BCUT2D eigenvalue weighted by atomic mass is 10.6. The number of aldehydes is 1. The first-order valence-corrected chi connectivity index (χ1v) is 5.33. The molecule has 6 heteroatoms. The fraction of sp³-hybridized carbons (Fsp3) is 0.900. The fourth-order valence-electron chi connectivity index (χ4n) is 1.15. The molecule has 94 valence electrons. The van der Waals surface area contributed by atoms with E-state index in [0.29, 0.717) is 52.5 Å². The second-order valence-electron chi connectivity index (χ2n) is 3.10. The van der Waals surface area contributed by atoms with Gasteiger partial charge in [-0.05, 0) is 0 Å². The van der Waals surface area contributed by atoms with E-state index >= 15 is 0 Å². The second-order valence-corrected chi connectivity index (χ2v) is 3.10. The summed E-state index contributed by atoms with van der Waals surface area (Å²) in [5, 5.41) is 0. The predicted octanol–water partition coefficient (Wildman–Crippen LogP) is -0.392. The maximum Gasteiger partial charge on any atom is 0.181 e. The zero-order valence-corrected chi connectivity index (χ0v) is 9.26. The summed E-state index contributed by atoms with van der Waals surface area (Å²) in [6, 6.07) is 0. The van der Waals surface area contributed by atoms with Gasteiger partial charge in [-0.15, -0.1) is 0 Å². The Labute approximate surface area is 94.7 Å². The molecule has 16 heavy (non-hydrogen) atoms. The Morgan fingerprint density at radius 2 is 1.62 bits per heavy atom. The first-order chi connectivity index (χ1) is 7.93. The van der Waals surface area contributed by atoms with Gasteiger partial charge in [-0.3, -0.25) is 0 Å². The van der Waals surface area contributed by atoms with Gasteiger partial charge in [-0.2, -0.15) is 0 Å². The van der Waals surface area contributed by atoms with Crippen LogP contribution in [0.3, 0.4) is 0 Å². The predicted molar refractivity (Wildman–Crippen MR) is 54.2 cm³/mol. The molecular formula is C10H18O6. The molecule has 0 aromatic carbocycles. The zero-order chi connectivity index (χ0) is 11.5. The van der Waals surface area contributed by atoms with E-state index < -0.39 is 0 Å². The Kier molecular flexibility index (Phi) is 8.19. The topological polar surface area (TPSA) is 63.2 Å². The largest absolute Gasteiger partial charge is 0.377 e. The molecule has 0 unspecified atom stereocenters. The highest BCUT2D eigenvalue weighted by Crippen LogP contribution is 2.03. The van der Waals surface area contributed by atoms with Gasteiger partial charge in [0.25, 0.3) is 0 Å². The molecule has 1 aliphatic rings. The summed E-state index contributed by atoms with van der Waals surface area (Å²) in [6.45, 7) is 3.72. The van der Waals surface area contributed by atoms with Crippen molar-refractivity contribution in [3.63, 3.8) is 0 Å². The summed E-state index contributed by atoms with van der Waals surface area (Å²) < 4.78 is 25.7. The normalized spacial score (nSPS) is 16.8. The number of rotatable bonds is 10. The molecule has 1 heterocycles. The maximum atomic E-state index is 9.90. The standard InChI is InChI=1S/C10H18O6/c11-1-2-12-3-4-13-5-6-14-9-10-15-7-8-16-10/h1,10H,2-9H2. The summed E-state index contributed by atoms with van der Waals surface area (Å²) in [5.41, 5.74) is 0. The van der Waals surface area contributed by atoms with E-state index in [-0.39, 0.29) is 12.9 Å². The molecule has 0 saturated carbocycles.